The summed E-state index contributed by atoms with van der Waals surface area (Å²) in [4.78, 5) is 41.8. The topological polar surface area (TPSA) is 103 Å². The van der Waals surface area contributed by atoms with Gasteiger partial charge >= 0.3 is 5.97 Å². The number of fused-ring (bicyclic) bond motifs is 2. The number of furan rings is 1. The first-order chi connectivity index (χ1) is 13.9. The van der Waals surface area contributed by atoms with Gasteiger partial charge < -0.3 is 19.0 Å². The van der Waals surface area contributed by atoms with Gasteiger partial charge in [-0.05, 0) is 43.5 Å². The molecule has 29 heavy (non-hydrogen) atoms. The highest BCUT2D eigenvalue weighted by atomic mass is 32.1. The Morgan fingerprint density at radius 2 is 2.10 bits per heavy atom. The molecule has 1 amide bonds. The minimum Gasteiger partial charge on any atom is -0.462 e. The Bertz CT molecular complexity index is 1330. The van der Waals surface area contributed by atoms with E-state index in [9.17, 15) is 14.4 Å². The van der Waals surface area contributed by atoms with Crippen LogP contribution in [-0.2, 0) is 11.8 Å². The molecule has 1 aromatic carbocycles. The number of carbonyl (C=O) groups excluding carboxylic acids is 2. The van der Waals surface area contributed by atoms with E-state index < -0.39 is 5.91 Å². The second-order valence-corrected chi connectivity index (χ2v) is 7.50. The lowest BCUT2D eigenvalue weighted by molar-refractivity contribution is 0.0532. The summed E-state index contributed by atoms with van der Waals surface area (Å²) in [7, 11) is 1.56. The van der Waals surface area contributed by atoms with Crippen molar-refractivity contribution in [2.24, 2.45) is 7.05 Å². The normalized spacial score (nSPS) is 11.1. The molecular weight excluding hydrogens is 394 g/mol. The zero-order chi connectivity index (χ0) is 20.7. The third-order valence-corrected chi connectivity index (χ3v) is 5.52. The van der Waals surface area contributed by atoms with Crippen LogP contribution in [0.15, 0.2) is 39.8 Å². The van der Waals surface area contributed by atoms with E-state index in [1.54, 1.807) is 39.1 Å². The third-order valence-electron chi connectivity index (χ3n) is 4.43. The standard InChI is InChI=1S/C20H17N3O5S/c1-4-27-20(26)14-8-11-7-12(5-6-13(11)29-14)22-17(24)15-10(2)28-18-16(15)19(25)23(3)9-21-18/h5-9H,4H2,1-3H3,(H,22,24). The first-order valence-electron chi connectivity index (χ1n) is 8.85. The monoisotopic (exact) mass is 411 g/mol. The van der Waals surface area contributed by atoms with Crippen molar-refractivity contribution in [3.8, 4) is 0 Å². The largest absolute Gasteiger partial charge is 0.462 e. The summed E-state index contributed by atoms with van der Waals surface area (Å²) in [6.45, 7) is 3.67. The summed E-state index contributed by atoms with van der Waals surface area (Å²) in [5.41, 5.74) is 0.462. The van der Waals surface area contributed by atoms with Crippen LogP contribution in [0.4, 0.5) is 5.69 Å². The highest BCUT2D eigenvalue weighted by Crippen LogP contribution is 2.29. The number of aromatic nitrogens is 2. The first-order valence-corrected chi connectivity index (χ1v) is 9.67. The van der Waals surface area contributed by atoms with Crippen LogP contribution in [0, 0.1) is 6.92 Å². The minimum atomic E-state index is -0.466. The molecule has 0 unspecified atom stereocenters. The summed E-state index contributed by atoms with van der Waals surface area (Å²) in [5.74, 6) is -0.524. The molecule has 0 aliphatic rings. The zero-order valence-electron chi connectivity index (χ0n) is 15.9. The highest BCUT2D eigenvalue weighted by molar-refractivity contribution is 7.20. The average Bonchev–Trinajstić information content (AvgIpc) is 3.25. The maximum absolute atomic E-state index is 12.9. The van der Waals surface area contributed by atoms with E-state index in [1.807, 2.05) is 6.07 Å². The number of hydrogen-bond donors (Lipinski definition) is 1. The fourth-order valence-corrected chi connectivity index (χ4v) is 4.01. The molecule has 0 radical (unpaired) electrons. The molecule has 0 saturated carbocycles. The van der Waals surface area contributed by atoms with Crippen molar-refractivity contribution in [1.82, 2.24) is 9.55 Å². The smallest absolute Gasteiger partial charge is 0.348 e. The predicted octanol–water partition coefficient (Wildman–Crippen LogP) is 3.48. The predicted molar refractivity (Wildman–Crippen MR) is 110 cm³/mol. The van der Waals surface area contributed by atoms with Gasteiger partial charge in [-0.3, -0.25) is 9.59 Å². The van der Waals surface area contributed by atoms with Crippen molar-refractivity contribution >= 4 is 50.1 Å². The molecule has 3 aromatic heterocycles. The van der Waals surface area contributed by atoms with Crippen LogP contribution in [-0.4, -0.2) is 28.0 Å². The fourth-order valence-electron chi connectivity index (χ4n) is 3.08. The van der Waals surface area contributed by atoms with Gasteiger partial charge in [0, 0.05) is 17.4 Å². The van der Waals surface area contributed by atoms with Crippen molar-refractivity contribution in [3.63, 3.8) is 0 Å². The van der Waals surface area contributed by atoms with Gasteiger partial charge in [0.25, 0.3) is 11.5 Å². The molecule has 3 heterocycles. The Kier molecular flexibility index (Phi) is 4.67. The molecule has 0 bridgehead atoms. The Hall–Kier alpha value is -3.46. The van der Waals surface area contributed by atoms with Crippen molar-refractivity contribution in [2.75, 3.05) is 11.9 Å². The average molecular weight is 411 g/mol. The number of aryl methyl sites for hydroxylation is 2. The number of thiophene rings is 1. The summed E-state index contributed by atoms with van der Waals surface area (Å²) in [6.07, 6.45) is 1.35. The second-order valence-electron chi connectivity index (χ2n) is 6.41. The number of benzene rings is 1. The minimum absolute atomic E-state index is 0.128. The first kappa shape index (κ1) is 18.9. The summed E-state index contributed by atoms with van der Waals surface area (Å²) < 4.78 is 12.7. The summed E-state index contributed by atoms with van der Waals surface area (Å²) in [6, 6.07) is 7.05. The number of nitrogens with zero attached hydrogens (tertiary/aromatic N) is 2. The maximum Gasteiger partial charge on any atom is 0.348 e. The van der Waals surface area contributed by atoms with Gasteiger partial charge in [-0.25, -0.2) is 9.78 Å². The quantitative estimate of drug-likeness (QED) is 0.516. The van der Waals surface area contributed by atoms with E-state index in [0.29, 0.717) is 22.9 Å². The maximum atomic E-state index is 12.9. The Labute approximate surface area is 168 Å². The number of anilines is 1. The van der Waals surface area contributed by atoms with Gasteiger partial charge in [-0.1, -0.05) is 0 Å². The van der Waals surface area contributed by atoms with Crippen LogP contribution < -0.4 is 10.9 Å². The molecule has 1 N–H and O–H groups in total. The van der Waals surface area contributed by atoms with Gasteiger partial charge in [0.2, 0.25) is 5.71 Å². The summed E-state index contributed by atoms with van der Waals surface area (Å²) >= 11 is 1.32. The van der Waals surface area contributed by atoms with Gasteiger partial charge in [0.1, 0.15) is 22.4 Å². The number of esters is 1. The van der Waals surface area contributed by atoms with Crippen LogP contribution in [0.3, 0.4) is 0 Å². The molecule has 0 fully saturated rings. The molecule has 0 spiro atoms. The molecule has 8 nitrogen and oxygen atoms in total. The van der Waals surface area contributed by atoms with Gasteiger partial charge in [0.05, 0.1) is 12.2 Å². The molecule has 0 saturated heterocycles. The molecule has 0 aliphatic heterocycles. The van der Waals surface area contributed by atoms with Crippen LogP contribution in [0.1, 0.15) is 32.7 Å². The van der Waals surface area contributed by atoms with Gasteiger partial charge in [-0.15, -0.1) is 11.3 Å². The molecule has 148 valence electrons. The molecule has 9 heteroatoms. The molecular formula is C20H17N3O5S. The van der Waals surface area contributed by atoms with Crippen molar-refractivity contribution in [2.45, 2.75) is 13.8 Å². The molecule has 4 rings (SSSR count). The van der Waals surface area contributed by atoms with Crippen molar-refractivity contribution < 1.29 is 18.7 Å². The molecule has 4 aromatic rings. The Morgan fingerprint density at radius 3 is 2.86 bits per heavy atom. The van der Waals surface area contributed by atoms with E-state index in [-0.39, 0.29) is 28.2 Å². The molecule has 0 atom stereocenters. The van der Waals surface area contributed by atoms with E-state index in [0.717, 1.165) is 10.1 Å². The number of rotatable bonds is 4. The highest BCUT2D eigenvalue weighted by Gasteiger charge is 2.22. The van der Waals surface area contributed by atoms with Crippen molar-refractivity contribution in [1.29, 1.82) is 0 Å². The van der Waals surface area contributed by atoms with Crippen LogP contribution in [0.25, 0.3) is 21.2 Å². The Balaban J connectivity index is 1.68. The lowest BCUT2D eigenvalue weighted by Crippen LogP contribution is -2.20. The van der Waals surface area contributed by atoms with Crippen LogP contribution in [0.5, 0.6) is 0 Å². The third kappa shape index (κ3) is 3.29. The Morgan fingerprint density at radius 1 is 1.31 bits per heavy atom. The van der Waals surface area contributed by atoms with Crippen LogP contribution in [0.2, 0.25) is 0 Å². The number of amides is 1. The SMILES string of the molecule is CCOC(=O)c1cc2cc(NC(=O)c3c(C)oc4ncn(C)c(=O)c34)ccc2s1. The lowest BCUT2D eigenvalue weighted by Gasteiger charge is -2.05. The number of ether oxygens (including phenoxy) is 1. The zero-order valence-corrected chi connectivity index (χ0v) is 16.8. The second kappa shape index (κ2) is 7.17. The number of carbonyl (C=O) groups is 2. The number of hydrogen-bond acceptors (Lipinski definition) is 7. The van der Waals surface area contributed by atoms with Gasteiger partial charge in [-0.2, -0.15) is 0 Å². The van der Waals surface area contributed by atoms with E-state index in [4.69, 9.17) is 9.15 Å². The van der Waals surface area contributed by atoms with E-state index in [1.165, 1.54) is 22.2 Å². The summed E-state index contributed by atoms with van der Waals surface area (Å²) in [5, 5.41) is 3.75. The lowest BCUT2D eigenvalue weighted by atomic mass is 10.1. The van der Waals surface area contributed by atoms with Gasteiger partial charge in [0.15, 0.2) is 0 Å². The van der Waals surface area contributed by atoms with Crippen molar-refractivity contribution in [3.05, 3.63) is 57.1 Å². The van der Waals surface area contributed by atoms with Crippen LogP contribution >= 0.6 is 11.3 Å². The van der Waals surface area contributed by atoms with E-state index in [2.05, 4.69) is 10.3 Å². The fraction of sp³-hybridized carbons (Fsp3) is 0.200. The van der Waals surface area contributed by atoms with E-state index >= 15 is 0 Å². The molecule has 0 aliphatic carbocycles. The number of nitrogens with one attached hydrogen (secondary N) is 1.